The molecule has 0 atom stereocenters. The number of piperazine rings is 1. The van der Waals surface area contributed by atoms with Crippen molar-refractivity contribution in [2.45, 2.75) is 39.0 Å². The molecular weight excluding hydrogens is 348 g/mol. The maximum Gasteiger partial charge on any atom is 0.227 e. The van der Waals surface area contributed by atoms with Gasteiger partial charge in [0.15, 0.2) is 5.78 Å². The zero-order valence-electron chi connectivity index (χ0n) is 16.6. The highest BCUT2D eigenvalue weighted by Crippen LogP contribution is 2.23. The Balaban J connectivity index is 1.33. The van der Waals surface area contributed by atoms with E-state index < -0.39 is 0 Å². The second-order valence-corrected chi connectivity index (χ2v) is 7.96. The van der Waals surface area contributed by atoms with E-state index in [0.717, 1.165) is 49.4 Å². The number of fused-ring (bicyclic) bond motifs is 1. The molecule has 0 N–H and O–H groups in total. The minimum atomic E-state index is 0.0872. The molecule has 0 spiro atoms. The van der Waals surface area contributed by atoms with Gasteiger partial charge in [-0.05, 0) is 73.6 Å². The van der Waals surface area contributed by atoms with Gasteiger partial charge in [-0.2, -0.15) is 0 Å². The lowest BCUT2D eigenvalue weighted by molar-refractivity contribution is -0.130. The zero-order valence-corrected chi connectivity index (χ0v) is 16.6. The molecule has 1 saturated heterocycles. The highest BCUT2D eigenvalue weighted by Gasteiger charge is 2.22. The first-order chi connectivity index (χ1) is 13.6. The van der Waals surface area contributed by atoms with Crippen LogP contribution < -0.4 is 4.90 Å². The van der Waals surface area contributed by atoms with Crippen molar-refractivity contribution >= 4 is 17.4 Å². The molecule has 2 aliphatic rings. The second-order valence-electron chi connectivity index (χ2n) is 7.96. The molecule has 28 heavy (non-hydrogen) atoms. The van der Waals surface area contributed by atoms with Crippen molar-refractivity contribution in [1.29, 1.82) is 0 Å². The van der Waals surface area contributed by atoms with Crippen LogP contribution in [-0.2, 0) is 24.1 Å². The Morgan fingerprint density at radius 3 is 2.21 bits per heavy atom. The van der Waals surface area contributed by atoms with Crippen LogP contribution in [0.25, 0.3) is 0 Å². The standard InChI is InChI=1S/C24H28N2O2/c1-18(27)20-8-10-23(11-9-20)25-12-14-26(15-13-25)24(28)17-19-6-7-21-4-2-3-5-22(21)16-19/h6-11,16H,2-5,12-15,17H2,1H3. The number of hydrogen-bond acceptors (Lipinski definition) is 3. The molecule has 146 valence electrons. The number of hydrogen-bond donors (Lipinski definition) is 0. The zero-order chi connectivity index (χ0) is 19.5. The smallest absolute Gasteiger partial charge is 0.227 e. The lowest BCUT2D eigenvalue weighted by Gasteiger charge is -2.36. The van der Waals surface area contributed by atoms with E-state index in [1.54, 1.807) is 6.92 Å². The highest BCUT2D eigenvalue weighted by molar-refractivity contribution is 5.94. The SMILES string of the molecule is CC(=O)c1ccc(N2CCN(C(=O)Cc3ccc4c(c3)CCCC4)CC2)cc1. The average Bonchev–Trinajstić information content (AvgIpc) is 2.74. The van der Waals surface area contributed by atoms with Crippen LogP contribution in [0.4, 0.5) is 5.69 Å². The van der Waals surface area contributed by atoms with Crippen LogP contribution in [0.2, 0.25) is 0 Å². The molecule has 0 bridgehead atoms. The number of benzene rings is 2. The van der Waals surface area contributed by atoms with Crippen LogP contribution in [0.15, 0.2) is 42.5 Å². The normalized spacial score (nSPS) is 16.6. The first-order valence-electron chi connectivity index (χ1n) is 10.3. The van der Waals surface area contributed by atoms with Gasteiger partial charge >= 0.3 is 0 Å². The Morgan fingerprint density at radius 1 is 0.857 bits per heavy atom. The van der Waals surface area contributed by atoms with Crippen molar-refractivity contribution in [3.63, 3.8) is 0 Å². The third kappa shape index (κ3) is 4.11. The topological polar surface area (TPSA) is 40.6 Å². The quantitative estimate of drug-likeness (QED) is 0.765. The molecular formula is C24H28N2O2. The molecule has 0 aromatic heterocycles. The van der Waals surface area contributed by atoms with Gasteiger partial charge in [0.1, 0.15) is 0 Å². The summed E-state index contributed by atoms with van der Waals surface area (Å²) in [5, 5.41) is 0. The highest BCUT2D eigenvalue weighted by atomic mass is 16.2. The number of Topliss-reactive ketones (excluding diaryl/α,β-unsaturated/α-hetero) is 1. The van der Waals surface area contributed by atoms with Gasteiger partial charge in [-0.25, -0.2) is 0 Å². The van der Waals surface area contributed by atoms with E-state index in [1.165, 1.54) is 30.4 Å². The molecule has 4 nitrogen and oxygen atoms in total. The van der Waals surface area contributed by atoms with Crippen molar-refractivity contribution < 1.29 is 9.59 Å². The summed E-state index contributed by atoms with van der Waals surface area (Å²) >= 11 is 0. The van der Waals surface area contributed by atoms with Crippen LogP contribution in [0.3, 0.4) is 0 Å². The Morgan fingerprint density at radius 2 is 1.54 bits per heavy atom. The maximum absolute atomic E-state index is 12.8. The van der Waals surface area contributed by atoms with Crippen LogP contribution >= 0.6 is 0 Å². The number of anilines is 1. The van der Waals surface area contributed by atoms with Crippen LogP contribution in [-0.4, -0.2) is 42.8 Å². The van der Waals surface area contributed by atoms with Crippen molar-refractivity contribution in [2.75, 3.05) is 31.1 Å². The minimum absolute atomic E-state index is 0.0872. The molecule has 0 unspecified atom stereocenters. The fourth-order valence-corrected chi connectivity index (χ4v) is 4.30. The summed E-state index contributed by atoms with van der Waals surface area (Å²) in [6.07, 6.45) is 5.38. The molecule has 2 aromatic rings. The lowest BCUT2D eigenvalue weighted by atomic mass is 9.90. The molecule has 4 rings (SSSR count). The Bertz CT molecular complexity index is 865. The van der Waals surface area contributed by atoms with E-state index in [0.29, 0.717) is 6.42 Å². The van der Waals surface area contributed by atoms with E-state index >= 15 is 0 Å². The predicted octanol–water partition coefficient (Wildman–Crippen LogP) is 3.66. The summed E-state index contributed by atoms with van der Waals surface area (Å²) in [5.41, 5.74) is 5.91. The molecule has 0 radical (unpaired) electrons. The number of carbonyl (C=O) groups excluding carboxylic acids is 2. The molecule has 1 aliphatic carbocycles. The Kier molecular flexibility index (Phi) is 5.47. The van der Waals surface area contributed by atoms with Crippen molar-refractivity contribution in [3.8, 4) is 0 Å². The second kappa shape index (κ2) is 8.17. The molecule has 0 saturated carbocycles. The molecule has 1 amide bonds. The number of rotatable bonds is 4. The van der Waals surface area contributed by atoms with Gasteiger partial charge in [-0.3, -0.25) is 9.59 Å². The number of amides is 1. The van der Waals surface area contributed by atoms with Gasteiger partial charge in [0, 0.05) is 37.4 Å². The lowest BCUT2D eigenvalue weighted by Crippen LogP contribution is -2.49. The maximum atomic E-state index is 12.8. The summed E-state index contributed by atoms with van der Waals surface area (Å²) in [7, 11) is 0. The number of nitrogens with zero attached hydrogens (tertiary/aromatic N) is 2. The molecule has 1 fully saturated rings. The fraction of sp³-hybridized carbons (Fsp3) is 0.417. The first kappa shape index (κ1) is 18.7. The molecule has 4 heteroatoms. The van der Waals surface area contributed by atoms with Gasteiger partial charge in [0.2, 0.25) is 5.91 Å². The van der Waals surface area contributed by atoms with E-state index in [2.05, 4.69) is 23.1 Å². The average molecular weight is 377 g/mol. The predicted molar refractivity (Wildman–Crippen MR) is 112 cm³/mol. The molecule has 1 heterocycles. The van der Waals surface area contributed by atoms with Gasteiger partial charge in [-0.15, -0.1) is 0 Å². The van der Waals surface area contributed by atoms with Gasteiger partial charge in [-0.1, -0.05) is 18.2 Å². The third-order valence-corrected chi connectivity index (χ3v) is 6.04. The van der Waals surface area contributed by atoms with Crippen molar-refractivity contribution in [3.05, 3.63) is 64.7 Å². The fourth-order valence-electron chi connectivity index (χ4n) is 4.30. The Hall–Kier alpha value is -2.62. The van der Waals surface area contributed by atoms with Gasteiger partial charge < -0.3 is 9.80 Å². The van der Waals surface area contributed by atoms with Crippen molar-refractivity contribution in [1.82, 2.24) is 4.90 Å². The summed E-state index contributed by atoms with van der Waals surface area (Å²) in [4.78, 5) is 28.5. The van der Waals surface area contributed by atoms with Gasteiger partial charge in [0.25, 0.3) is 0 Å². The minimum Gasteiger partial charge on any atom is -0.368 e. The number of aryl methyl sites for hydroxylation is 2. The first-order valence-corrected chi connectivity index (χ1v) is 10.3. The van der Waals surface area contributed by atoms with Gasteiger partial charge in [0.05, 0.1) is 6.42 Å². The summed E-state index contributed by atoms with van der Waals surface area (Å²) in [6.45, 7) is 4.74. The largest absolute Gasteiger partial charge is 0.368 e. The summed E-state index contributed by atoms with van der Waals surface area (Å²) in [6, 6.07) is 14.4. The monoisotopic (exact) mass is 376 g/mol. The van der Waals surface area contributed by atoms with E-state index in [1.807, 2.05) is 29.2 Å². The van der Waals surface area contributed by atoms with E-state index in [9.17, 15) is 9.59 Å². The van der Waals surface area contributed by atoms with Crippen LogP contribution in [0.1, 0.15) is 46.8 Å². The van der Waals surface area contributed by atoms with E-state index in [4.69, 9.17) is 0 Å². The summed E-state index contributed by atoms with van der Waals surface area (Å²) in [5.74, 6) is 0.312. The Labute approximate surface area is 167 Å². The molecule has 2 aromatic carbocycles. The van der Waals surface area contributed by atoms with Crippen molar-refractivity contribution in [2.24, 2.45) is 0 Å². The summed E-state index contributed by atoms with van der Waals surface area (Å²) < 4.78 is 0. The third-order valence-electron chi connectivity index (χ3n) is 6.04. The van der Waals surface area contributed by atoms with Crippen LogP contribution in [0, 0.1) is 0 Å². The van der Waals surface area contributed by atoms with Crippen LogP contribution in [0.5, 0.6) is 0 Å². The number of ketones is 1. The number of carbonyl (C=O) groups is 2. The van der Waals surface area contributed by atoms with E-state index in [-0.39, 0.29) is 11.7 Å². The molecule has 1 aliphatic heterocycles.